The van der Waals surface area contributed by atoms with Crippen LogP contribution in [0.4, 0.5) is 0 Å². The topological polar surface area (TPSA) is 0 Å². The first-order chi connectivity index (χ1) is 7.56. The quantitative estimate of drug-likeness (QED) is 0.301. The van der Waals surface area contributed by atoms with E-state index in [-0.39, 0.29) is 0 Å². The first-order valence-corrected chi connectivity index (χ1v) is 11.6. The number of unbranched alkanes of at least 4 members (excludes halogenated alkanes) is 9. The maximum Gasteiger partial charge on any atom is 0.124 e. The lowest BCUT2D eigenvalue weighted by Gasteiger charge is -2.12. The molecule has 0 unspecified atom stereocenters. The van der Waals surface area contributed by atoms with E-state index >= 15 is 0 Å². The van der Waals surface area contributed by atoms with Crippen molar-refractivity contribution in [1.29, 1.82) is 0 Å². The Morgan fingerprint density at radius 2 is 1.06 bits per heavy atom. The third-order valence-corrected chi connectivity index (χ3v) is 5.30. The lowest BCUT2D eigenvalue weighted by atomic mass is 10.1. The Bertz CT molecular complexity index is 140. The van der Waals surface area contributed by atoms with Crippen LogP contribution in [0.25, 0.3) is 0 Å². The van der Waals surface area contributed by atoms with Crippen LogP contribution in [0.2, 0.25) is 19.1 Å². The monoisotopic (exact) mass is 259 g/mol. The smallest absolute Gasteiger partial charge is 0.124 e. The van der Waals surface area contributed by atoms with Crippen molar-refractivity contribution in [2.24, 2.45) is 0 Å². The molecule has 0 nitrogen and oxygen atoms in total. The molecular formula is C14H31SSi. The number of hydrogen-bond acceptors (Lipinski definition) is 0. The van der Waals surface area contributed by atoms with Crippen LogP contribution >= 0.6 is 12.1 Å². The summed E-state index contributed by atoms with van der Waals surface area (Å²) in [5.41, 5.74) is 0. The summed E-state index contributed by atoms with van der Waals surface area (Å²) in [5, 5.41) is 0. The maximum atomic E-state index is 5.48. The molecule has 0 fully saturated rings. The van der Waals surface area contributed by atoms with Gasteiger partial charge in [0.15, 0.2) is 0 Å². The minimum Gasteiger partial charge on any atom is -0.128 e. The van der Waals surface area contributed by atoms with Crippen LogP contribution in [0.15, 0.2) is 0 Å². The molecule has 0 aliphatic carbocycles. The third kappa shape index (κ3) is 14.6. The van der Waals surface area contributed by atoms with E-state index in [0.29, 0.717) is 0 Å². The first-order valence-electron chi connectivity index (χ1n) is 7.26. The van der Waals surface area contributed by atoms with E-state index in [1.165, 1.54) is 70.3 Å². The Labute approximate surface area is 110 Å². The van der Waals surface area contributed by atoms with Gasteiger partial charge in [-0.25, -0.2) is 0 Å². The fourth-order valence-electron chi connectivity index (χ4n) is 2.04. The molecule has 0 rings (SSSR count). The number of rotatable bonds is 11. The Hall–Kier alpha value is 0.567. The van der Waals surface area contributed by atoms with Crippen LogP contribution in [-0.2, 0) is 0 Å². The van der Waals surface area contributed by atoms with Gasteiger partial charge in [0.25, 0.3) is 0 Å². The van der Waals surface area contributed by atoms with Crippen molar-refractivity contribution >= 4 is 19.3 Å². The molecule has 0 heterocycles. The average Bonchev–Trinajstić information content (AvgIpc) is 2.19. The molecular weight excluding hydrogens is 228 g/mol. The highest BCUT2D eigenvalue weighted by atomic mass is 32.3. The minimum absolute atomic E-state index is 1.16. The predicted octanol–water partition coefficient (Wildman–Crippen LogP) is 6.31. The van der Waals surface area contributed by atoms with Gasteiger partial charge in [-0.3, -0.25) is 0 Å². The van der Waals surface area contributed by atoms with E-state index in [1.807, 2.05) is 0 Å². The standard InChI is InChI=1S/C14H31SSi/c1-4-5-6-7-8-9-10-11-12-13-14-16(2,3)15/h4-14H2,1-3H3. The molecule has 0 aliphatic heterocycles. The highest BCUT2D eigenvalue weighted by Crippen LogP contribution is 2.19. The van der Waals surface area contributed by atoms with Crippen molar-refractivity contribution in [3.05, 3.63) is 0 Å². The van der Waals surface area contributed by atoms with E-state index in [0.717, 1.165) is 0 Å². The largest absolute Gasteiger partial charge is 0.128 e. The SMILES string of the molecule is CCCCCCCCCCCC[Si](C)(C)[S]. The molecule has 0 amide bonds. The molecule has 0 aromatic rings. The van der Waals surface area contributed by atoms with Crippen LogP contribution in [0, 0.1) is 0 Å². The molecule has 1 radical (unpaired) electrons. The second-order valence-corrected chi connectivity index (χ2v) is 13.0. The lowest BCUT2D eigenvalue weighted by molar-refractivity contribution is 0.562. The van der Waals surface area contributed by atoms with Crippen LogP contribution in [0.5, 0.6) is 0 Å². The van der Waals surface area contributed by atoms with E-state index < -0.39 is 7.22 Å². The second kappa shape index (κ2) is 10.7. The normalized spacial score (nSPS) is 12.0. The van der Waals surface area contributed by atoms with E-state index in [2.05, 4.69) is 20.0 Å². The van der Waals surface area contributed by atoms with Gasteiger partial charge in [0.05, 0.1) is 0 Å². The average molecular weight is 260 g/mol. The summed E-state index contributed by atoms with van der Waals surface area (Å²) < 4.78 is 0. The summed E-state index contributed by atoms with van der Waals surface area (Å²) in [6.45, 7) is 6.89. The molecule has 0 N–H and O–H groups in total. The van der Waals surface area contributed by atoms with E-state index in [4.69, 9.17) is 12.1 Å². The van der Waals surface area contributed by atoms with Gasteiger partial charge in [0, 0.05) is 0 Å². The van der Waals surface area contributed by atoms with Gasteiger partial charge in [-0.1, -0.05) is 84.2 Å². The predicted molar refractivity (Wildman–Crippen MR) is 81.7 cm³/mol. The van der Waals surface area contributed by atoms with Crippen molar-refractivity contribution in [3.8, 4) is 0 Å². The van der Waals surface area contributed by atoms with Gasteiger partial charge in [-0.05, 0) is 6.04 Å². The van der Waals surface area contributed by atoms with Crippen molar-refractivity contribution in [3.63, 3.8) is 0 Å². The second-order valence-electron chi connectivity index (χ2n) is 5.69. The van der Waals surface area contributed by atoms with E-state index in [9.17, 15) is 0 Å². The Morgan fingerprint density at radius 3 is 1.44 bits per heavy atom. The van der Waals surface area contributed by atoms with Gasteiger partial charge in [0.1, 0.15) is 7.22 Å². The van der Waals surface area contributed by atoms with Crippen LogP contribution in [-0.4, -0.2) is 7.22 Å². The maximum absolute atomic E-state index is 5.48. The van der Waals surface area contributed by atoms with Crippen molar-refractivity contribution < 1.29 is 0 Å². The first kappa shape index (κ1) is 16.6. The van der Waals surface area contributed by atoms with Crippen molar-refractivity contribution in [2.45, 2.75) is 90.3 Å². The molecule has 0 aliphatic rings. The fourth-order valence-corrected chi connectivity index (χ4v) is 3.57. The molecule has 0 aromatic heterocycles. The van der Waals surface area contributed by atoms with Crippen LogP contribution < -0.4 is 0 Å². The highest BCUT2D eigenvalue weighted by molar-refractivity contribution is 8.14. The zero-order valence-corrected chi connectivity index (χ0v) is 13.5. The van der Waals surface area contributed by atoms with E-state index in [1.54, 1.807) is 0 Å². The Balaban J connectivity index is 2.99. The van der Waals surface area contributed by atoms with Crippen molar-refractivity contribution in [1.82, 2.24) is 0 Å². The molecule has 0 aromatic carbocycles. The highest BCUT2D eigenvalue weighted by Gasteiger charge is 2.14. The Kier molecular flexibility index (Phi) is 11.1. The molecule has 0 atom stereocenters. The molecule has 16 heavy (non-hydrogen) atoms. The summed E-state index contributed by atoms with van der Waals surface area (Å²) >= 11 is 5.48. The summed E-state index contributed by atoms with van der Waals surface area (Å²) in [5.74, 6) is 0. The molecule has 0 bridgehead atoms. The molecule has 97 valence electrons. The third-order valence-electron chi connectivity index (χ3n) is 3.13. The summed E-state index contributed by atoms with van der Waals surface area (Å²) in [6.07, 6.45) is 14.3. The van der Waals surface area contributed by atoms with Crippen LogP contribution in [0.1, 0.15) is 71.1 Å². The van der Waals surface area contributed by atoms with Gasteiger partial charge in [-0.15, -0.1) is 12.1 Å². The Morgan fingerprint density at radius 1 is 0.688 bits per heavy atom. The fraction of sp³-hybridized carbons (Fsp3) is 1.00. The molecule has 0 saturated heterocycles. The zero-order valence-electron chi connectivity index (χ0n) is 11.7. The van der Waals surface area contributed by atoms with Gasteiger partial charge in [-0.2, -0.15) is 0 Å². The molecule has 0 saturated carbocycles. The van der Waals surface area contributed by atoms with Crippen LogP contribution in [0.3, 0.4) is 0 Å². The van der Waals surface area contributed by atoms with Gasteiger partial charge in [0.2, 0.25) is 0 Å². The number of hydrogen-bond donors (Lipinski definition) is 0. The van der Waals surface area contributed by atoms with Gasteiger partial charge >= 0.3 is 0 Å². The summed E-state index contributed by atoms with van der Waals surface area (Å²) in [7, 11) is -1.16. The summed E-state index contributed by atoms with van der Waals surface area (Å²) in [4.78, 5) is 0. The summed E-state index contributed by atoms with van der Waals surface area (Å²) in [6, 6.07) is 1.35. The molecule has 2 heteroatoms. The van der Waals surface area contributed by atoms with Crippen molar-refractivity contribution in [2.75, 3.05) is 0 Å². The lowest BCUT2D eigenvalue weighted by Crippen LogP contribution is -2.15. The molecule has 0 spiro atoms. The zero-order chi connectivity index (χ0) is 12.3. The minimum atomic E-state index is -1.16. The van der Waals surface area contributed by atoms with Gasteiger partial charge < -0.3 is 0 Å².